The van der Waals surface area contributed by atoms with Crippen LogP contribution < -0.4 is 5.69 Å². The van der Waals surface area contributed by atoms with Gasteiger partial charge in [-0.1, -0.05) is 68.1 Å². The molecule has 0 saturated heterocycles. The van der Waals surface area contributed by atoms with Crippen LogP contribution in [0, 0.1) is 0 Å². The third-order valence-electron chi connectivity index (χ3n) is 4.61. The third kappa shape index (κ3) is 3.12. The molecule has 2 aromatic carbocycles. The first-order valence-corrected chi connectivity index (χ1v) is 9.54. The molecule has 3 heterocycles. The molecule has 0 spiro atoms. The summed E-state index contributed by atoms with van der Waals surface area (Å²) >= 11 is 1.65. The fourth-order valence-corrected chi connectivity index (χ4v) is 4.52. The molecule has 5 nitrogen and oxygen atoms in total. The monoisotopic (exact) mass is 388 g/mol. The molecule has 0 aliphatic rings. The van der Waals surface area contributed by atoms with Crippen LogP contribution in [0.4, 0.5) is 0 Å². The fraction of sp³-hybridized carbons (Fsp3) is 0.136. The van der Waals surface area contributed by atoms with Crippen LogP contribution in [0.3, 0.4) is 0 Å². The average Bonchev–Trinajstić information content (AvgIpc) is 3.34. The van der Waals surface area contributed by atoms with Crippen LogP contribution in [0.15, 0.2) is 77.9 Å². The molecular formula is C22H20N4OS. The van der Waals surface area contributed by atoms with Gasteiger partial charge < -0.3 is 0 Å². The summed E-state index contributed by atoms with van der Waals surface area (Å²) in [5, 5.41) is 5.11. The Morgan fingerprint density at radius 3 is 2.32 bits per heavy atom. The maximum absolute atomic E-state index is 13.0. The zero-order valence-corrected chi connectivity index (χ0v) is 15.3. The van der Waals surface area contributed by atoms with Crippen molar-refractivity contribution in [3.05, 3.63) is 99.5 Å². The van der Waals surface area contributed by atoms with Gasteiger partial charge >= 0.3 is 5.69 Å². The minimum Gasteiger partial charge on any atom is -0.278 e. The summed E-state index contributed by atoms with van der Waals surface area (Å²) in [7, 11) is 0. The Kier molecular flexibility index (Phi) is 4.79. The van der Waals surface area contributed by atoms with Crippen molar-refractivity contribution >= 4 is 27.2 Å². The lowest BCUT2D eigenvalue weighted by molar-refractivity contribution is 0.720. The van der Waals surface area contributed by atoms with Gasteiger partial charge in [0.25, 0.3) is 0 Å². The minimum absolute atomic E-state index is 0. The Morgan fingerprint density at radius 2 is 1.61 bits per heavy atom. The van der Waals surface area contributed by atoms with E-state index in [0.29, 0.717) is 12.2 Å². The predicted octanol–water partition coefficient (Wildman–Crippen LogP) is 4.38. The van der Waals surface area contributed by atoms with Gasteiger partial charge in [0.2, 0.25) is 0 Å². The second kappa shape index (κ2) is 7.40. The van der Waals surface area contributed by atoms with Gasteiger partial charge in [-0.05, 0) is 17.2 Å². The van der Waals surface area contributed by atoms with E-state index in [9.17, 15) is 4.79 Å². The standard InChI is InChI=1S/C21H16N4OS.CH4/c26-21-24(13-16-9-5-2-6-10-16)20-18(19-22-14-23-25(19)21)12-17(27-20)11-15-7-3-1-4-8-15;/h1-10,12,14H,11,13H2;1H4. The van der Waals surface area contributed by atoms with E-state index >= 15 is 0 Å². The molecule has 0 N–H and O–H groups in total. The first-order valence-electron chi connectivity index (χ1n) is 8.72. The van der Waals surface area contributed by atoms with Gasteiger partial charge in [-0.25, -0.2) is 9.78 Å². The van der Waals surface area contributed by atoms with E-state index < -0.39 is 0 Å². The van der Waals surface area contributed by atoms with Gasteiger partial charge in [0.05, 0.1) is 11.9 Å². The molecule has 0 unspecified atom stereocenters. The molecule has 0 aliphatic carbocycles. The number of aromatic nitrogens is 4. The molecule has 0 saturated carbocycles. The summed E-state index contributed by atoms with van der Waals surface area (Å²) < 4.78 is 3.19. The molecular weight excluding hydrogens is 368 g/mol. The maximum atomic E-state index is 13.0. The molecule has 6 heteroatoms. The smallest absolute Gasteiger partial charge is 0.278 e. The van der Waals surface area contributed by atoms with E-state index in [1.165, 1.54) is 21.3 Å². The Hall–Kier alpha value is -3.25. The Balaban J connectivity index is 0.00000192. The summed E-state index contributed by atoms with van der Waals surface area (Å²) in [6.07, 6.45) is 2.28. The molecule has 0 bridgehead atoms. The van der Waals surface area contributed by atoms with E-state index in [2.05, 4.69) is 28.3 Å². The number of hydrogen-bond donors (Lipinski definition) is 0. The zero-order valence-electron chi connectivity index (χ0n) is 14.4. The van der Waals surface area contributed by atoms with Crippen LogP contribution in [-0.4, -0.2) is 19.2 Å². The lowest BCUT2D eigenvalue weighted by Gasteiger charge is -2.08. The molecule has 28 heavy (non-hydrogen) atoms. The molecule has 140 valence electrons. The van der Waals surface area contributed by atoms with E-state index in [-0.39, 0.29) is 13.1 Å². The van der Waals surface area contributed by atoms with E-state index in [0.717, 1.165) is 22.2 Å². The molecule has 0 atom stereocenters. The minimum atomic E-state index is -0.160. The molecule has 0 fully saturated rings. The van der Waals surface area contributed by atoms with Gasteiger partial charge in [0, 0.05) is 11.3 Å². The fourth-order valence-electron chi connectivity index (χ4n) is 3.35. The number of nitrogens with zero attached hydrogens (tertiary/aromatic N) is 4. The zero-order chi connectivity index (χ0) is 18.2. The summed E-state index contributed by atoms with van der Waals surface area (Å²) in [6.45, 7) is 0.511. The summed E-state index contributed by atoms with van der Waals surface area (Å²) in [6, 6.07) is 22.5. The third-order valence-corrected chi connectivity index (χ3v) is 5.77. The summed E-state index contributed by atoms with van der Waals surface area (Å²) in [4.78, 5) is 19.5. The van der Waals surface area contributed by atoms with Crippen molar-refractivity contribution in [3.63, 3.8) is 0 Å². The Morgan fingerprint density at radius 1 is 0.929 bits per heavy atom. The van der Waals surface area contributed by atoms with Crippen LogP contribution in [0.5, 0.6) is 0 Å². The highest BCUT2D eigenvalue weighted by Crippen LogP contribution is 2.29. The average molecular weight is 388 g/mol. The van der Waals surface area contributed by atoms with Crippen LogP contribution in [0.1, 0.15) is 23.4 Å². The number of rotatable bonds is 4. The van der Waals surface area contributed by atoms with E-state index in [1.807, 2.05) is 48.5 Å². The van der Waals surface area contributed by atoms with Crippen LogP contribution in [-0.2, 0) is 13.0 Å². The predicted molar refractivity (Wildman–Crippen MR) is 114 cm³/mol. The molecule has 3 aromatic heterocycles. The van der Waals surface area contributed by atoms with Crippen LogP contribution in [0.25, 0.3) is 15.9 Å². The SMILES string of the molecule is C.O=c1n(Cc2ccccc2)c2sc(Cc3ccccc3)cc2c2ncnn12. The van der Waals surface area contributed by atoms with Crippen molar-refractivity contribution in [1.82, 2.24) is 19.2 Å². The summed E-state index contributed by atoms with van der Waals surface area (Å²) in [5.74, 6) is 0. The number of thiophene rings is 1. The van der Waals surface area contributed by atoms with Crippen molar-refractivity contribution in [2.24, 2.45) is 0 Å². The molecule has 5 rings (SSSR count). The highest BCUT2D eigenvalue weighted by Gasteiger charge is 2.16. The van der Waals surface area contributed by atoms with Crippen molar-refractivity contribution < 1.29 is 0 Å². The number of fused-ring (bicyclic) bond motifs is 3. The lowest BCUT2D eigenvalue weighted by atomic mass is 10.1. The van der Waals surface area contributed by atoms with Gasteiger partial charge in [0.1, 0.15) is 11.2 Å². The quantitative estimate of drug-likeness (QED) is 0.459. The van der Waals surface area contributed by atoms with Gasteiger partial charge in [-0.15, -0.1) is 11.3 Å². The van der Waals surface area contributed by atoms with Crippen molar-refractivity contribution in [3.8, 4) is 0 Å². The van der Waals surface area contributed by atoms with E-state index in [4.69, 9.17) is 0 Å². The molecule has 0 aliphatic heterocycles. The highest BCUT2D eigenvalue weighted by molar-refractivity contribution is 7.18. The normalized spacial score (nSPS) is 11.0. The molecule has 0 radical (unpaired) electrons. The maximum Gasteiger partial charge on any atom is 0.352 e. The highest BCUT2D eigenvalue weighted by atomic mass is 32.1. The van der Waals surface area contributed by atoms with Crippen LogP contribution in [0.2, 0.25) is 0 Å². The second-order valence-electron chi connectivity index (χ2n) is 6.44. The van der Waals surface area contributed by atoms with Crippen LogP contribution >= 0.6 is 11.3 Å². The molecule has 0 amide bonds. The molecule has 5 aromatic rings. The Labute approximate surface area is 166 Å². The second-order valence-corrected chi connectivity index (χ2v) is 7.56. The van der Waals surface area contributed by atoms with Gasteiger partial charge in [0.15, 0.2) is 5.65 Å². The van der Waals surface area contributed by atoms with Gasteiger partial charge in [-0.2, -0.15) is 9.61 Å². The van der Waals surface area contributed by atoms with Crippen molar-refractivity contribution in [2.75, 3.05) is 0 Å². The number of benzene rings is 2. The van der Waals surface area contributed by atoms with Crippen molar-refractivity contribution in [1.29, 1.82) is 0 Å². The lowest BCUT2D eigenvalue weighted by Crippen LogP contribution is -2.27. The van der Waals surface area contributed by atoms with Gasteiger partial charge in [-0.3, -0.25) is 4.57 Å². The first kappa shape index (κ1) is 18.1. The number of hydrogen-bond acceptors (Lipinski definition) is 4. The van der Waals surface area contributed by atoms with Crippen molar-refractivity contribution in [2.45, 2.75) is 20.4 Å². The first-order chi connectivity index (χ1) is 13.3. The topological polar surface area (TPSA) is 52.2 Å². The largest absolute Gasteiger partial charge is 0.352 e. The van der Waals surface area contributed by atoms with E-state index in [1.54, 1.807) is 15.9 Å². The summed E-state index contributed by atoms with van der Waals surface area (Å²) in [5.41, 5.74) is 2.79. The Bertz CT molecular complexity index is 1290.